The van der Waals surface area contributed by atoms with Crippen molar-refractivity contribution in [2.24, 2.45) is 10.2 Å². The van der Waals surface area contributed by atoms with Gasteiger partial charge >= 0.3 is 5.97 Å². The van der Waals surface area contributed by atoms with Crippen LogP contribution in [0.15, 0.2) is 63.7 Å². The van der Waals surface area contributed by atoms with E-state index in [1.807, 2.05) is 54.7 Å². The molecule has 14 nitrogen and oxygen atoms in total. The van der Waals surface area contributed by atoms with Gasteiger partial charge in [-0.25, -0.2) is 23.1 Å². The van der Waals surface area contributed by atoms with Crippen molar-refractivity contribution in [3.05, 3.63) is 98.7 Å². The first-order valence-electron chi connectivity index (χ1n) is 19.9. The third kappa shape index (κ3) is 9.34. The summed E-state index contributed by atoms with van der Waals surface area (Å²) in [5, 5.41) is 38.3. The molecule has 1 unspecified atom stereocenters. The molecule has 0 bridgehead atoms. The van der Waals surface area contributed by atoms with Crippen molar-refractivity contribution in [3.8, 4) is 11.2 Å². The Hall–Kier alpha value is -6.02. The third-order valence-corrected chi connectivity index (χ3v) is 12.9. The number of carboxylic acids is 1. The fraction of sp³-hybridized carbons (Fsp3) is 0.356. The van der Waals surface area contributed by atoms with Gasteiger partial charge in [-0.2, -0.15) is 15.0 Å². The molecule has 0 aliphatic heterocycles. The second-order valence-electron chi connectivity index (χ2n) is 16.7. The number of hydrogen-bond donors (Lipinski definition) is 3. The lowest BCUT2D eigenvalue weighted by molar-refractivity contribution is -0.137. The minimum absolute atomic E-state index is 0.0312. The summed E-state index contributed by atoms with van der Waals surface area (Å²) in [7, 11) is -2.06. The van der Waals surface area contributed by atoms with Crippen LogP contribution in [0.1, 0.15) is 90.7 Å². The average Bonchev–Trinajstić information content (AvgIpc) is 3.76. The summed E-state index contributed by atoms with van der Waals surface area (Å²) in [4.78, 5) is 23.3. The monoisotopic (exact) mass is 860 g/mol. The van der Waals surface area contributed by atoms with Crippen molar-refractivity contribution in [2.45, 2.75) is 105 Å². The highest BCUT2D eigenvalue weighted by molar-refractivity contribution is 7.89. The summed E-state index contributed by atoms with van der Waals surface area (Å²) in [5.74, 6) is 0.228. The fourth-order valence-corrected chi connectivity index (χ4v) is 10.0. The predicted molar refractivity (Wildman–Crippen MR) is 243 cm³/mol. The first-order valence-corrected chi connectivity index (χ1v) is 22.2. The van der Waals surface area contributed by atoms with Crippen molar-refractivity contribution in [3.63, 3.8) is 0 Å². The van der Waals surface area contributed by atoms with Crippen LogP contribution < -0.4 is 14.9 Å². The molecule has 16 heteroatoms. The summed E-state index contributed by atoms with van der Waals surface area (Å²) < 4.78 is 31.2. The number of benzene rings is 3. The lowest BCUT2D eigenvalue weighted by atomic mass is 9.90. The highest BCUT2D eigenvalue weighted by atomic mass is 32.2. The van der Waals surface area contributed by atoms with Crippen LogP contribution in [0.4, 0.5) is 34.5 Å². The van der Waals surface area contributed by atoms with Gasteiger partial charge in [0.05, 0.1) is 27.2 Å². The molecule has 6 rings (SSSR count). The number of thiazole rings is 1. The number of nitrogens with zero attached hydrogens (tertiary/aromatic N) is 8. The Morgan fingerprint density at radius 2 is 1.56 bits per heavy atom. The van der Waals surface area contributed by atoms with Gasteiger partial charge in [0, 0.05) is 29.9 Å². The van der Waals surface area contributed by atoms with E-state index in [0.29, 0.717) is 44.8 Å². The van der Waals surface area contributed by atoms with Crippen LogP contribution in [0.5, 0.6) is 0 Å². The number of carbonyl (C=O) groups is 1. The summed E-state index contributed by atoms with van der Waals surface area (Å²) >= 11 is 1.18. The molecule has 3 aromatic carbocycles. The second-order valence-corrected chi connectivity index (χ2v) is 19.4. The maximum Gasteiger partial charge on any atom is 0.304 e. The number of azo groups is 1. The summed E-state index contributed by atoms with van der Waals surface area (Å²) in [6.45, 7) is 22.0. The molecule has 0 saturated carbocycles. The molecule has 0 amide bonds. The summed E-state index contributed by atoms with van der Waals surface area (Å²) in [6.07, 6.45) is -0.0398. The molecule has 3 heterocycles. The number of aryl methyl sites for hydroxylation is 7. The number of carboxylic acid groups (broad SMARTS) is 1. The van der Waals surface area contributed by atoms with E-state index in [2.05, 4.69) is 73.0 Å². The number of anilines is 4. The molecule has 3 aromatic heterocycles. The Labute approximate surface area is 361 Å². The number of aromatic nitrogens is 4. The van der Waals surface area contributed by atoms with Crippen molar-refractivity contribution >= 4 is 72.1 Å². The lowest BCUT2D eigenvalue weighted by Gasteiger charge is -2.25. The zero-order valence-corrected chi connectivity index (χ0v) is 38.3. The number of nitriles is 1. The van der Waals surface area contributed by atoms with Crippen LogP contribution in [-0.4, -0.2) is 52.3 Å². The Kier molecular flexibility index (Phi) is 12.5. The number of nitrogens with one attached hydrogen (secondary N) is 2. The van der Waals surface area contributed by atoms with E-state index in [4.69, 9.17) is 25.3 Å². The van der Waals surface area contributed by atoms with Gasteiger partial charge in [-0.3, -0.25) is 4.79 Å². The van der Waals surface area contributed by atoms with E-state index in [0.717, 1.165) is 44.8 Å². The minimum Gasteiger partial charge on any atom is -0.481 e. The van der Waals surface area contributed by atoms with Crippen LogP contribution in [0, 0.1) is 59.8 Å². The van der Waals surface area contributed by atoms with E-state index < -0.39 is 27.4 Å². The van der Waals surface area contributed by atoms with Crippen LogP contribution in [0.3, 0.4) is 0 Å². The zero-order valence-electron chi connectivity index (χ0n) is 36.7. The van der Waals surface area contributed by atoms with Crippen LogP contribution in [0.25, 0.3) is 15.3 Å². The average molecular weight is 861 g/mol. The van der Waals surface area contributed by atoms with E-state index in [-0.39, 0.29) is 22.7 Å². The smallest absolute Gasteiger partial charge is 0.304 e. The van der Waals surface area contributed by atoms with Gasteiger partial charge in [-0.05, 0) is 107 Å². The van der Waals surface area contributed by atoms with Gasteiger partial charge in [0.2, 0.25) is 15.2 Å². The summed E-state index contributed by atoms with van der Waals surface area (Å²) in [5.41, 5.74) is 10.5. The number of rotatable bonds is 13. The quantitative estimate of drug-likeness (QED) is 0.0942. The van der Waals surface area contributed by atoms with E-state index >= 15 is 0 Å². The standard InChI is InChI=1S/C45H52N10O4S2/c1-13-31(21-37(56)57)53-61(58,59)32-14-15-34-35(22-32)60-44(47-34)55-43(33(23-46)41(52-55)45(9,10)11)51-50-39-28(6)20-36(54(12)40-29(7)18-25(3)19-30(40)8)48-42(39)49-38-26(4)16-24(2)17-27(38)5/h14-20,22,31,53H,13,21H2,1-12H3,(H,48,49)(H,56,57). The van der Waals surface area contributed by atoms with E-state index in [9.17, 15) is 23.6 Å². The molecule has 0 saturated heterocycles. The van der Waals surface area contributed by atoms with Crippen molar-refractivity contribution in [2.75, 3.05) is 17.3 Å². The molecule has 3 N–H and O–H groups in total. The molecule has 0 aliphatic carbocycles. The molecule has 0 fully saturated rings. The zero-order chi connectivity index (χ0) is 44.7. The van der Waals surface area contributed by atoms with Crippen molar-refractivity contribution in [1.29, 1.82) is 5.26 Å². The Balaban J connectivity index is 1.50. The third-order valence-electron chi connectivity index (χ3n) is 10.4. The largest absolute Gasteiger partial charge is 0.481 e. The van der Waals surface area contributed by atoms with Crippen molar-refractivity contribution < 1.29 is 18.3 Å². The SMILES string of the molecule is CCC(CC(=O)O)NS(=O)(=O)c1ccc2nc(-n3nc(C(C)(C)C)c(C#N)c3N=Nc3c(C)cc(N(C)c4c(C)cc(C)cc4C)nc3Nc3c(C)cc(C)cc3C)sc2c1. The van der Waals surface area contributed by atoms with Gasteiger partial charge in [0.1, 0.15) is 23.1 Å². The highest BCUT2D eigenvalue weighted by Crippen LogP contribution is 2.41. The first-order chi connectivity index (χ1) is 28.6. The molecule has 0 aliphatic rings. The number of fused-ring (bicyclic) bond motifs is 1. The van der Waals surface area contributed by atoms with E-state index in [1.165, 1.54) is 33.7 Å². The number of aliphatic carboxylic acids is 1. The molecule has 61 heavy (non-hydrogen) atoms. The van der Waals surface area contributed by atoms with Crippen LogP contribution in [-0.2, 0) is 20.2 Å². The van der Waals surface area contributed by atoms with E-state index in [1.54, 1.807) is 13.0 Å². The van der Waals surface area contributed by atoms with Gasteiger partial charge in [0.25, 0.3) is 0 Å². The highest BCUT2D eigenvalue weighted by Gasteiger charge is 2.30. The van der Waals surface area contributed by atoms with Gasteiger partial charge in [0.15, 0.2) is 11.6 Å². The van der Waals surface area contributed by atoms with Crippen LogP contribution >= 0.6 is 11.3 Å². The Bertz CT molecular complexity index is 2840. The molecular weight excluding hydrogens is 809 g/mol. The normalized spacial score (nSPS) is 12.6. The van der Waals surface area contributed by atoms with Gasteiger partial charge in [-0.1, -0.05) is 74.4 Å². The number of hydrogen-bond acceptors (Lipinski definition) is 12. The molecule has 0 spiro atoms. The van der Waals surface area contributed by atoms with Crippen LogP contribution in [0.2, 0.25) is 0 Å². The lowest BCUT2D eigenvalue weighted by Crippen LogP contribution is -2.35. The van der Waals surface area contributed by atoms with Crippen molar-refractivity contribution in [1.82, 2.24) is 24.5 Å². The maximum absolute atomic E-state index is 13.4. The Morgan fingerprint density at radius 3 is 2.13 bits per heavy atom. The molecular formula is C45H52N10O4S2. The van der Waals surface area contributed by atoms with Gasteiger partial charge in [-0.15, -0.1) is 10.2 Å². The number of sulfonamides is 1. The second kappa shape index (κ2) is 17.2. The topological polar surface area (TPSA) is 191 Å². The summed E-state index contributed by atoms with van der Waals surface area (Å²) in [6, 6.07) is 16.6. The number of pyridine rings is 1. The predicted octanol–water partition coefficient (Wildman–Crippen LogP) is 10.7. The molecule has 1 atom stereocenters. The van der Waals surface area contributed by atoms with Gasteiger partial charge < -0.3 is 15.3 Å². The first kappa shape index (κ1) is 44.5. The molecule has 318 valence electrons. The Morgan fingerprint density at radius 1 is 0.934 bits per heavy atom. The maximum atomic E-state index is 13.4. The minimum atomic E-state index is -4.05. The fourth-order valence-electron chi connectivity index (χ4n) is 7.62. The molecule has 6 aromatic rings. The molecule has 0 radical (unpaired) electrons.